The third kappa shape index (κ3) is 5.46. The van der Waals surface area contributed by atoms with Crippen LogP contribution in [0.1, 0.15) is 25.0 Å². The van der Waals surface area contributed by atoms with Gasteiger partial charge < -0.3 is 10.3 Å². The van der Waals surface area contributed by atoms with E-state index in [1.807, 2.05) is 13.8 Å². The van der Waals surface area contributed by atoms with Crippen molar-refractivity contribution in [2.24, 2.45) is 5.92 Å². The van der Waals surface area contributed by atoms with Gasteiger partial charge in [-0.3, -0.25) is 9.78 Å². The van der Waals surface area contributed by atoms with Crippen LogP contribution < -0.4 is 10.9 Å². The van der Waals surface area contributed by atoms with Gasteiger partial charge in [0, 0.05) is 24.4 Å². The van der Waals surface area contributed by atoms with E-state index in [-0.39, 0.29) is 17.1 Å². The van der Waals surface area contributed by atoms with Crippen molar-refractivity contribution < 1.29 is 13.2 Å². The molecule has 0 radical (unpaired) electrons. The van der Waals surface area contributed by atoms with Gasteiger partial charge in [0.2, 0.25) is 0 Å². The number of aromatic amines is 1. The minimum absolute atomic E-state index is 0.155. The lowest BCUT2D eigenvalue weighted by atomic mass is 10.0. The Morgan fingerprint density at radius 1 is 1.13 bits per heavy atom. The molecule has 0 saturated heterocycles. The molecule has 1 aromatic carbocycles. The number of aromatic nitrogens is 3. The second-order valence-electron chi connectivity index (χ2n) is 7.24. The van der Waals surface area contributed by atoms with Gasteiger partial charge >= 0.3 is 6.18 Å². The smallest absolute Gasteiger partial charge is 0.312 e. The number of hydrogen-bond donors (Lipinski definition) is 2. The molecule has 2 aromatic heterocycles. The van der Waals surface area contributed by atoms with Gasteiger partial charge in [-0.15, -0.1) is 0 Å². The molecule has 0 bridgehead atoms. The molecule has 5 nitrogen and oxygen atoms in total. The number of H-pyrrole nitrogens is 1. The first-order valence-electron chi connectivity index (χ1n) is 9.28. The third-order valence-corrected chi connectivity index (χ3v) is 4.48. The molecule has 0 atom stereocenters. The summed E-state index contributed by atoms with van der Waals surface area (Å²) in [5, 5.41) is 3.59. The average Bonchev–Trinajstić information content (AvgIpc) is 2.67. The number of alkyl halides is 3. The molecule has 9 heteroatoms. The average molecular weight is 437 g/mol. The van der Waals surface area contributed by atoms with Crippen molar-refractivity contribution in [3.05, 3.63) is 69.1 Å². The Kier molecular flexibility index (Phi) is 6.58. The molecule has 2 heterocycles. The summed E-state index contributed by atoms with van der Waals surface area (Å²) in [4.78, 5) is 22.9. The molecule has 3 rings (SSSR count). The van der Waals surface area contributed by atoms with Crippen molar-refractivity contribution in [2.45, 2.75) is 26.6 Å². The molecule has 3 aromatic rings. The number of rotatable bonds is 6. The topological polar surface area (TPSA) is 70.7 Å². The molecule has 30 heavy (non-hydrogen) atoms. The Bertz CT molecular complexity index is 1080. The van der Waals surface area contributed by atoms with Gasteiger partial charge in [-0.1, -0.05) is 31.5 Å². The Labute approximate surface area is 176 Å². The molecule has 0 aliphatic carbocycles. The summed E-state index contributed by atoms with van der Waals surface area (Å²) in [5.41, 5.74) is -0.518. The van der Waals surface area contributed by atoms with Crippen LogP contribution in [0, 0.1) is 5.92 Å². The van der Waals surface area contributed by atoms with Gasteiger partial charge in [-0.2, -0.15) is 13.2 Å². The first-order valence-corrected chi connectivity index (χ1v) is 9.66. The quantitative estimate of drug-likeness (QED) is 0.575. The fourth-order valence-corrected chi connectivity index (χ4v) is 3.01. The molecule has 0 unspecified atom stereocenters. The molecule has 0 amide bonds. The maximum Gasteiger partial charge on any atom is 0.417 e. The van der Waals surface area contributed by atoms with Crippen LogP contribution in [0.5, 0.6) is 0 Å². The fourth-order valence-electron chi connectivity index (χ4n) is 2.89. The normalized spacial score (nSPS) is 11.8. The maximum absolute atomic E-state index is 13.6. The van der Waals surface area contributed by atoms with Crippen molar-refractivity contribution in [3.8, 4) is 22.8 Å². The summed E-state index contributed by atoms with van der Waals surface area (Å²) in [7, 11) is 0. The van der Waals surface area contributed by atoms with E-state index in [4.69, 9.17) is 11.6 Å². The lowest BCUT2D eigenvalue weighted by Crippen LogP contribution is -2.19. The van der Waals surface area contributed by atoms with Gasteiger partial charge in [0.1, 0.15) is 5.82 Å². The maximum atomic E-state index is 13.6. The summed E-state index contributed by atoms with van der Waals surface area (Å²) >= 11 is 5.83. The lowest BCUT2D eigenvalue weighted by Gasteiger charge is -2.15. The highest BCUT2D eigenvalue weighted by molar-refractivity contribution is 6.30. The van der Waals surface area contributed by atoms with Gasteiger partial charge in [-0.05, 0) is 42.3 Å². The SMILES string of the molecule is CC(C)CNCc1ccc(C(F)(F)F)c(-c2nc(-c3ccc(Cl)cn3)cc(=O)[nH]2)c1. The van der Waals surface area contributed by atoms with Gasteiger partial charge in [-0.25, -0.2) is 4.98 Å². The van der Waals surface area contributed by atoms with Crippen LogP contribution >= 0.6 is 11.6 Å². The van der Waals surface area contributed by atoms with Crippen molar-refractivity contribution in [1.29, 1.82) is 0 Å². The number of pyridine rings is 1. The molecule has 0 spiro atoms. The summed E-state index contributed by atoms with van der Waals surface area (Å²) in [6.07, 6.45) is -3.23. The highest BCUT2D eigenvalue weighted by Gasteiger charge is 2.34. The molecular weight excluding hydrogens is 417 g/mol. The van der Waals surface area contributed by atoms with E-state index in [0.717, 1.165) is 12.6 Å². The zero-order valence-corrected chi connectivity index (χ0v) is 17.1. The van der Waals surface area contributed by atoms with Gasteiger partial charge in [0.05, 0.1) is 22.0 Å². The van der Waals surface area contributed by atoms with E-state index in [0.29, 0.717) is 28.7 Å². The summed E-state index contributed by atoms with van der Waals surface area (Å²) in [5.74, 6) is 0.229. The van der Waals surface area contributed by atoms with E-state index in [1.165, 1.54) is 24.4 Å². The largest absolute Gasteiger partial charge is 0.417 e. The van der Waals surface area contributed by atoms with Crippen molar-refractivity contribution in [3.63, 3.8) is 0 Å². The second-order valence-corrected chi connectivity index (χ2v) is 7.68. The van der Waals surface area contributed by atoms with Gasteiger partial charge in [0.25, 0.3) is 5.56 Å². The number of nitrogens with one attached hydrogen (secondary N) is 2. The van der Waals surface area contributed by atoms with Gasteiger partial charge in [0.15, 0.2) is 0 Å². The van der Waals surface area contributed by atoms with E-state index in [9.17, 15) is 18.0 Å². The Hall–Kier alpha value is -2.71. The minimum Gasteiger partial charge on any atom is -0.312 e. The van der Waals surface area contributed by atoms with Crippen LogP contribution in [0.15, 0.2) is 47.4 Å². The van der Waals surface area contributed by atoms with E-state index in [1.54, 1.807) is 12.1 Å². The lowest BCUT2D eigenvalue weighted by molar-refractivity contribution is -0.137. The van der Waals surface area contributed by atoms with Crippen LogP contribution in [-0.2, 0) is 12.7 Å². The number of hydrogen-bond acceptors (Lipinski definition) is 4. The van der Waals surface area contributed by atoms with E-state index >= 15 is 0 Å². The Morgan fingerprint density at radius 3 is 2.53 bits per heavy atom. The predicted octanol–water partition coefficient (Wildman–Crippen LogP) is 4.92. The molecule has 2 N–H and O–H groups in total. The van der Waals surface area contributed by atoms with E-state index < -0.39 is 17.3 Å². The molecule has 0 saturated carbocycles. The summed E-state index contributed by atoms with van der Waals surface area (Å²) in [6, 6.07) is 8.12. The summed E-state index contributed by atoms with van der Waals surface area (Å²) < 4.78 is 40.9. The number of halogens is 4. The van der Waals surface area contributed by atoms with Crippen LogP contribution in [-0.4, -0.2) is 21.5 Å². The Balaban J connectivity index is 2.08. The molecule has 0 aliphatic heterocycles. The number of benzene rings is 1. The monoisotopic (exact) mass is 436 g/mol. The predicted molar refractivity (Wildman–Crippen MR) is 110 cm³/mol. The molecule has 158 valence electrons. The Morgan fingerprint density at radius 2 is 1.90 bits per heavy atom. The first kappa shape index (κ1) is 22.0. The third-order valence-electron chi connectivity index (χ3n) is 4.26. The molecule has 0 fully saturated rings. The number of nitrogens with zero attached hydrogens (tertiary/aromatic N) is 2. The first-order chi connectivity index (χ1) is 14.1. The summed E-state index contributed by atoms with van der Waals surface area (Å²) in [6.45, 7) is 5.20. The van der Waals surface area contributed by atoms with Crippen LogP contribution in [0.25, 0.3) is 22.8 Å². The molecule has 0 aliphatic rings. The molecular formula is C21H20ClF3N4O. The van der Waals surface area contributed by atoms with Crippen molar-refractivity contribution >= 4 is 11.6 Å². The zero-order valence-electron chi connectivity index (χ0n) is 16.3. The van der Waals surface area contributed by atoms with Crippen LogP contribution in [0.3, 0.4) is 0 Å². The van der Waals surface area contributed by atoms with E-state index in [2.05, 4.69) is 20.3 Å². The highest BCUT2D eigenvalue weighted by Crippen LogP contribution is 2.36. The zero-order chi connectivity index (χ0) is 21.9. The minimum atomic E-state index is -4.60. The highest BCUT2D eigenvalue weighted by atomic mass is 35.5. The van der Waals surface area contributed by atoms with Crippen LogP contribution in [0.2, 0.25) is 5.02 Å². The second kappa shape index (κ2) is 8.97. The fraction of sp³-hybridized carbons (Fsp3) is 0.286. The van der Waals surface area contributed by atoms with Crippen LogP contribution in [0.4, 0.5) is 13.2 Å². The van der Waals surface area contributed by atoms with Crippen molar-refractivity contribution in [2.75, 3.05) is 6.54 Å². The van der Waals surface area contributed by atoms with Crippen molar-refractivity contribution in [1.82, 2.24) is 20.3 Å². The standard InChI is InChI=1S/C21H20ClF3N4O/c1-12(2)9-26-10-13-3-5-16(21(23,24)25)15(7-13)20-28-18(8-19(30)29-20)17-6-4-14(22)11-27-17/h3-8,11-12,26H,9-10H2,1-2H3,(H,28,29,30).